The highest BCUT2D eigenvalue weighted by molar-refractivity contribution is 9.10. The number of hydrogen-bond acceptors (Lipinski definition) is 4. The molecule has 6 heteroatoms. The largest absolute Gasteiger partial charge is 0.377 e. The third-order valence-electron chi connectivity index (χ3n) is 2.34. The van der Waals surface area contributed by atoms with Gasteiger partial charge in [0.2, 0.25) is 0 Å². The molecule has 1 aliphatic heterocycles. The van der Waals surface area contributed by atoms with E-state index in [0.29, 0.717) is 6.04 Å². The Morgan fingerprint density at radius 1 is 1.53 bits per heavy atom. The highest BCUT2D eigenvalue weighted by Gasteiger charge is 2.19. The minimum Gasteiger partial charge on any atom is -0.377 e. The van der Waals surface area contributed by atoms with Crippen LogP contribution in [0.1, 0.15) is 0 Å². The minimum absolute atomic E-state index is 0.389. The molecule has 1 fully saturated rings. The first-order valence-corrected chi connectivity index (χ1v) is 5.45. The van der Waals surface area contributed by atoms with Gasteiger partial charge >= 0.3 is 0 Å². The van der Waals surface area contributed by atoms with Crippen molar-refractivity contribution in [2.24, 2.45) is 0 Å². The predicted molar refractivity (Wildman–Crippen MR) is 58.9 cm³/mol. The SMILES string of the molecule is Brc1cc(NC2COC2)c2ncnn2c1. The van der Waals surface area contributed by atoms with Gasteiger partial charge in [0.1, 0.15) is 6.33 Å². The average molecular weight is 269 g/mol. The van der Waals surface area contributed by atoms with E-state index in [9.17, 15) is 0 Å². The van der Waals surface area contributed by atoms with Gasteiger partial charge in [-0.2, -0.15) is 5.10 Å². The lowest BCUT2D eigenvalue weighted by Gasteiger charge is -2.27. The molecule has 15 heavy (non-hydrogen) atoms. The fourth-order valence-corrected chi connectivity index (χ4v) is 1.96. The van der Waals surface area contributed by atoms with Crippen LogP contribution in [0.2, 0.25) is 0 Å². The number of fused-ring (bicyclic) bond motifs is 1. The molecule has 0 aromatic carbocycles. The number of hydrogen-bond donors (Lipinski definition) is 1. The van der Waals surface area contributed by atoms with Crippen molar-refractivity contribution in [3.63, 3.8) is 0 Å². The van der Waals surface area contributed by atoms with E-state index < -0.39 is 0 Å². The van der Waals surface area contributed by atoms with Crippen LogP contribution in [0.5, 0.6) is 0 Å². The molecule has 0 atom stereocenters. The Morgan fingerprint density at radius 3 is 3.13 bits per heavy atom. The molecule has 0 saturated carbocycles. The number of rotatable bonds is 2. The Balaban J connectivity index is 2.02. The molecule has 1 saturated heterocycles. The van der Waals surface area contributed by atoms with Crippen LogP contribution in [0.25, 0.3) is 5.65 Å². The Morgan fingerprint density at radius 2 is 2.40 bits per heavy atom. The highest BCUT2D eigenvalue weighted by atomic mass is 79.9. The normalized spacial score (nSPS) is 16.6. The third-order valence-corrected chi connectivity index (χ3v) is 2.77. The second-order valence-electron chi connectivity index (χ2n) is 3.48. The van der Waals surface area contributed by atoms with Crippen molar-refractivity contribution < 1.29 is 4.74 Å². The molecule has 3 rings (SSSR count). The fourth-order valence-electron chi connectivity index (χ4n) is 1.54. The first kappa shape index (κ1) is 9.11. The second-order valence-corrected chi connectivity index (χ2v) is 4.39. The van der Waals surface area contributed by atoms with E-state index in [2.05, 4.69) is 31.3 Å². The lowest BCUT2D eigenvalue weighted by Crippen LogP contribution is -2.40. The minimum atomic E-state index is 0.389. The smallest absolute Gasteiger partial charge is 0.178 e. The van der Waals surface area contributed by atoms with Gasteiger partial charge in [-0.25, -0.2) is 9.50 Å². The number of nitrogens with zero attached hydrogens (tertiary/aromatic N) is 3. The van der Waals surface area contributed by atoms with E-state index in [1.54, 1.807) is 10.8 Å². The molecule has 3 heterocycles. The number of pyridine rings is 1. The van der Waals surface area contributed by atoms with Crippen LogP contribution in [0, 0.1) is 0 Å². The Kier molecular flexibility index (Phi) is 2.10. The van der Waals surface area contributed by atoms with Crippen molar-refractivity contribution in [2.45, 2.75) is 6.04 Å². The zero-order chi connectivity index (χ0) is 10.3. The summed E-state index contributed by atoms with van der Waals surface area (Å²) >= 11 is 3.44. The maximum Gasteiger partial charge on any atom is 0.178 e. The maximum atomic E-state index is 5.11. The molecule has 0 bridgehead atoms. The van der Waals surface area contributed by atoms with E-state index in [1.807, 2.05) is 12.3 Å². The van der Waals surface area contributed by atoms with Gasteiger partial charge in [-0.05, 0) is 22.0 Å². The highest BCUT2D eigenvalue weighted by Crippen LogP contribution is 2.22. The summed E-state index contributed by atoms with van der Waals surface area (Å²) in [5.41, 5.74) is 1.82. The van der Waals surface area contributed by atoms with Crippen LogP contribution in [0.4, 0.5) is 5.69 Å². The van der Waals surface area contributed by atoms with E-state index in [4.69, 9.17) is 4.74 Å². The van der Waals surface area contributed by atoms with Gasteiger partial charge in [0.25, 0.3) is 0 Å². The van der Waals surface area contributed by atoms with Gasteiger partial charge in [-0.3, -0.25) is 0 Å². The van der Waals surface area contributed by atoms with Crippen molar-refractivity contribution in [1.82, 2.24) is 14.6 Å². The van der Waals surface area contributed by atoms with Crippen LogP contribution in [-0.2, 0) is 4.74 Å². The molecular formula is C9H9BrN4O. The molecule has 0 unspecified atom stereocenters. The number of aromatic nitrogens is 3. The second kappa shape index (κ2) is 3.46. The molecular weight excluding hydrogens is 260 g/mol. The Hall–Kier alpha value is -1.14. The monoisotopic (exact) mass is 268 g/mol. The number of ether oxygens (including phenoxy) is 1. The van der Waals surface area contributed by atoms with Gasteiger partial charge in [-0.15, -0.1) is 0 Å². The quantitative estimate of drug-likeness (QED) is 0.892. The molecule has 1 aliphatic rings. The molecule has 2 aromatic rings. The summed E-state index contributed by atoms with van der Waals surface area (Å²) in [6, 6.07) is 2.39. The Labute approximate surface area is 94.6 Å². The van der Waals surface area contributed by atoms with Crippen LogP contribution in [0.15, 0.2) is 23.1 Å². The van der Waals surface area contributed by atoms with E-state index in [1.165, 1.54) is 0 Å². The van der Waals surface area contributed by atoms with Gasteiger partial charge in [0.15, 0.2) is 5.65 Å². The molecule has 0 amide bonds. The molecule has 78 valence electrons. The van der Waals surface area contributed by atoms with Crippen molar-refractivity contribution in [3.05, 3.63) is 23.1 Å². The van der Waals surface area contributed by atoms with E-state index in [-0.39, 0.29) is 0 Å². The van der Waals surface area contributed by atoms with Crippen molar-refractivity contribution in [3.8, 4) is 0 Å². The molecule has 5 nitrogen and oxygen atoms in total. The van der Waals surface area contributed by atoms with Crippen LogP contribution >= 0.6 is 15.9 Å². The summed E-state index contributed by atoms with van der Waals surface area (Å²) in [7, 11) is 0. The average Bonchev–Trinajstić information content (AvgIpc) is 2.58. The lowest BCUT2D eigenvalue weighted by atomic mass is 10.2. The van der Waals surface area contributed by atoms with Gasteiger partial charge in [0.05, 0.1) is 24.9 Å². The van der Waals surface area contributed by atoms with Crippen LogP contribution in [0.3, 0.4) is 0 Å². The summed E-state index contributed by atoms with van der Waals surface area (Å²) in [6.07, 6.45) is 3.43. The first-order valence-electron chi connectivity index (χ1n) is 4.66. The predicted octanol–water partition coefficient (Wildman–Crippen LogP) is 1.30. The maximum absolute atomic E-state index is 5.11. The topological polar surface area (TPSA) is 51.5 Å². The number of nitrogens with one attached hydrogen (secondary N) is 1. The zero-order valence-corrected chi connectivity index (χ0v) is 9.44. The van der Waals surface area contributed by atoms with Crippen molar-refractivity contribution in [2.75, 3.05) is 18.5 Å². The fraction of sp³-hybridized carbons (Fsp3) is 0.333. The van der Waals surface area contributed by atoms with E-state index in [0.717, 1.165) is 29.0 Å². The first-order chi connectivity index (χ1) is 7.33. The van der Waals surface area contributed by atoms with Crippen molar-refractivity contribution in [1.29, 1.82) is 0 Å². The standard InChI is InChI=1S/C9H9BrN4O/c10-6-1-8(13-7-3-15-4-7)9-11-5-12-14(9)2-6/h1-2,5,7,13H,3-4H2. The van der Waals surface area contributed by atoms with E-state index >= 15 is 0 Å². The zero-order valence-electron chi connectivity index (χ0n) is 7.85. The molecule has 0 spiro atoms. The summed E-state index contributed by atoms with van der Waals surface area (Å²) in [5, 5.41) is 7.47. The summed E-state index contributed by atoms with van der Waals surface area (Å²) in [5.74, 6) is 0. The van der Waals surface area contributed by atoms with Crippen LogP contribution < -0.4 is 5.32 Å². The molecule has 1 N–H and O–H groups in total. The Bertz CT molecular complexity index is 494. The number of anilines is 1. The van der Waals surface area contributed by atoms with Crippen molar-refractivity contribution >= 4 is 27.3 Å². The van der Waals surface area contributed by atoms with Gasteiger partial charge in [0, 0.05) is 10.7 Å². The summed E-state index contributed by atoms with van der Waals surface area (Å²) in [4.78, 5) is 4.20. The summed E-state index contributed by atoms with van der Waals surface area (Å²) in [6.45, 7) is 1.51. The molecule has 0 aliphatic carbocycles. The van der Waals surface area contributed by atoms with Crippen LogP contribution in [-0.4, -0.2) is 33.9 Å². The lowest BCUT2D eigenvalue weighted by molar-refractivity contribution is 0.0211. The van der Waals surface area contributed by atoms with Gasteiger partial charge < -0.3 is 10.1 Å². The molecule has 0 radical (unpaired) electrons. The number of halogens is 1. The third kappa shape index (κ3) is 1.59. The summed E-state index contributed by atoms with van der Waals surface area (Å²) < 4.78 is 7.83. The molecule has 2 aromatic heterocycles. The van der Waals surface area contributed by atoms with Gasteiger partial charge in [-0.1, -0.05) is 0 Å².